The molecule has 128 valence electrons. The van der Waals surface area contributed by atoms with E-state index in [4.69, 9.17) is 4.74 Å². The first-order chi connectivity index (χ1) is 11.7. The van der Waals surface area contributed by atoms with Crippen molar-refractivity contribution in [2.24, 2.45) is 0 Å². The molecule has 1 atom stereocenters. The molecule has 3 rings (SSSR count). The standard InChI is InChI=1S/C17H20FN3O2S/c1-23-10-14-11-24-17(19-14)20-16(22)15-3-2-8-21(15)9-12-4-6-13(18)7-5-12/h4-7,11,15H,2-3,8-10H2,1H3,(H,19,20,22). The number of anilines is 1. The molecule has 0 spiro atoms. The van der Waals surface area contributed by atoms with Crippen molar-refractivity contribution < 1.29 is 13.9 Å². The van der Waals surface area contributed by atoms with E-state index in [0.717, 1.165) is 30.6 Å². The Kier molecular flexibility index (Phi) is 5.55. The Morgan fingerprint density at radius 1 is 1.46 bits per heavy atom. The van der Waals surface area contributed by atoms with E-state index < -0.39 is 0 Å². The fourth-order valence-electron chi connectivity index (χ4n) is 2.90. The summed E-state index contributed by atoms with van der Waals surface area (Å²) in [6.07, 6.45) is 1.80. The van der Waals surface area contributed by atoms with Gasteiger partial charge in [0.2, 0.25) is 5.91 Å². The second kappa shape index (κ2) is 7.83. The van der Waals surface area contributed by atoms with Crippen LogP contribution in [0.4, 0.5) is 9.52 Å². The highest BCUT2D eigenvalue weighted by atomic mass is 32.1. The van der Waals surface area contributed by atoms with Crippen molar-refractivity contribution >= 4 is 22.4 Å². The predicted molar refractivity (Wildman–Crippen MR) is 91.3 cm³/mol. The lowest BCUT2D eigenvalue weighted by Gasteiger charge is -2.23. The van der Waals surface area contributed by atoms with Gasteiger partial charge in [0.05, 0.1) is 18.3 Å². The molecule has 7 heteroatoms. The van der Waals surface area contributed by atoms with E-state index in [0.29, 0.717) is 18.3 Å². The number of nitrogens with one attached hydrogen (secondary N) is 1. The van der Waals surface area contributed by atoms with Crippen LogP contribution in [0.25, 0.3) is 0 Å². The Morgan fingerprint density at radius 3 is 3.00 bits per heavy atom. The maximum absolute atomic E-state index is 13.0. The molecular weight excluding hydrogens is 329 g/mol. The maximum atomic E-state index is 13.0. The van der Waals surface area contributed by atoms with Gasteiger partial charge in [-0.2, -0.15) is 0 Å². The van der Waals surface area contributed by atoms with Gasteiger partial charge in [0.1, 0.15) is 5.82 Å². The number of aromatic nitrogens is 1. The zero-order valence-corrected chi connectivity index (χ0v) is 14.3. The third-order valence-electron chi connectivity index (χ3n) is 4.04. The van der Waals surface area contributed by atoms with Crippen LogP contribution in [0, 0.1) is 5.82 Å². The molecule has 1 amide bonds. The van der Waals surface area contributed by atoms with Gasteiger partial charge >= 0.3 is 0 Å². The van der Waals surface area contributed by atoms with E-state index in [1.165, 1.54) is 23.5 Å². The van der Waals surface area contributed by atoms with Crippen LogP contribution in [0.15, 0.2) is 29.6 Å². The number of likely N-dealkylation sites (tertiary alicyclic amines) is 1. The van der Waals surface area contributed by atoms with Crippen molar-refractivity contribution in [3.8, 4) is 0 Å². The van der Waals surface area contributed by atoms with Gasteiger partial charge in [0, 0.05) is 19.0 Å². The molecule has 1 N–H and O–H groups in total. The van der Waals surface area contributed by atoms with Crippen LogP contribution >= 0.6 is 11.3 Å². The second-order valence-corrected chi connectivity index (χ2v) is 6.68. The van der Waals surface area contributed by atoms with Crippen molar-refractivity contribution in [3.05, 3.63) is 46.7 Å². The number of carbonyl (C=O) groups is 1. The molecule has 1 fully saturated rings. The number of hydrogen-bond donors (Lipinski definition) is 1. The Morgan fingerprint density at radius 2 is 2.25 bits per heavy atom. The van der Waals surface area contributed by atoms with Gasteiger partial charge in [-0.3, -0.25) is 9.69 Å². The number of benzene rings is 1. The SMILES string of the molecule is COCc1csc(NC(=O)C2CCCN2Cc2ccc(F)cc2)n1. The summed E-state index contributed by atoms with van der Waals surface area (Å²) < 4.78 is 18.0. The van der Waals surface area contributed by atoms with Crippen molar-refractivity contribution in [2.45, 2.75) is 32.0 Å². The molecule has 1 aromatic carbocycles. The zero-order chi connectivity index (χ0) is 16.9. The number of hydrogen-bond acceptors (Lipinski definition) is 5. The third kappa shape index (κ3) is 4.17. The number of rotatable bonds is 6. The minimum absolute atomic E-state index is 0.0343. The average molecular weight is 349 g/mol. The highest BCUT2D eigenvalue weighted by molar-refractivity contribution is 7.13. The number of amides is 1. The fourth-order valence-corrected chi connectivity index (χ4v) is 3.60. The van der Waals surface area contributed by atoms with E-state index in [1.807, 2.05) is 5.38 Å². The Balaban J connectivity index is 1.61. The van der Waals surface area contributed by atoms with E-state index in [1.54, 1.807) is 19.2 Å². The first-order valence-electron chi connectivity index (χ1n) is 7.88. The van der Waals surface area contributed by atoms with Crippen LogP contribution in [0.5, 0.6) is 0 Å². The van der Waals surface area contributed by atoms with Crippen LogP contribution in [0.3, 0.4) is 0 Å². The summed E-state index contributed by atoms with van der Waals surface area (Å²) in [5, 5.41) is 5.38. The van der Waals surface area contributed by atoms with Crippen LogP contribution in [0.1, 0.15) is 24.1 Å². The average Bonchev–Trinajstić information content (AvgIpc) is 3.19. The second-order valence-electron chi connectivity index (χ2n) is 5.82. The Labute approximate surface area is 144 Å². The van der Waals surface area contributed by atoms with Gasteiger partial charge in [-0.1, -0.05) is 12.1 Å². The van der Waals surface area contributed by atoms with Gasteiger partial charge in [0.15, 0.2) is 5.13 Å². The number of nitrogens with zero attached hydrogens (tertiary/aromatic N) is 2. The topological polar surface area (TPSA) is 54.5 Å². The summed E-state index contributed by atoms with van der Waals surface area (Å²) in [5.41, 5.74) is 1.82. The third-order valence-corrected chi connectivity index (χ3v) is 4.85. The van der Waals surface area contributed by atoms with E-state index in [9.17, 15) is 9.18 Å². The smallest absolute Gasteiger partial charge is 0.243 e. The van der Waals surface area contributed by atoms with Crippen molar-refractivity contribution in [3.63, 3.8) is 0 Å². The summed E-state index contributed by atoms with van der Waals surface area (Å²) in [4.78, 5) is 19.0. The van der Waals surface area contributed by atoms with Crippen LogP contribution < -0.4 is 5.32 Å². The largest absolute Gasteiger partial charge is 0.378 e. The molecule has 1 aliphatic heterocycles. The number of halogens is 1. The molecule has 0 radical (unpaired) electrons. The lowest BCUT2D eigenvalue weighted by Crippen LogP contribution is -2.39. The lowest BCUT2D eigenvalue weighted by atomic mass is 10.1. The molecule has 1 unspecified atom stereocenters. The number of ether oxygens (including phenoxy) is 1. The van der Waals surface area contributed by atoms with Crippen LogP contribution in [-0.2, 0) is 22.7 Å². The highest BCUT2D eigenvalue weighted by Crippen LogP contribution is 2.23. The van der Waals surface area contributed by atoms with Crippen molar-refractivity contribution in [1.82, 2.24) is 9.88 Å². The molecule has 2 aromatic rings. The zero-order valence-electron chi connectivity index (χ0n) is 13.5. The minimum atomic E-state index is -0.245. The first-order valence-corrected chi connectivity index (χ1v) is 8.76. The predicted octanol–water partition coefficient (Wildman–Crippen LogP) is 3.03. The van der Waals surface area contributed by atoms with Crippen molar-refractivity contribution in [1.29, 1.82) is 0 Å². The van der Waals surface area contributed by atoms with Crippen molar-refractivity contribution in [2.75, 3.05) is 19.0 Å². The summed E-state index contributed by atoms with van der Waals surface area (Å²) in [6.45, 7) is 1.94. The van der Waals surface area contributed by atoms with Gasteiger partial charge in [-0.05, 0) is 37.1 Å². The van der Waals surface area contributed by atoms with Crippen LogP contribution in [-0.4, -0.2) is 35.5 Å². The van der Waals surface area contributed by atoms with Gasteiger partial charge in [0.25, 0.3) is 0 Å². The monoisotopic (exact) mass is 349 g/mol. The Hall–Kier alpha value is -1.83. The molecule has 1 saturated heterocycles. The number of carbonyl (C=O) groups excluding carboxylic acids is 1. The molecule has 1 aromatic heterocycles. The highest BCUT2D eigenvalue weighted by Gasteiger charge is 2.31. The molecule has 0 aliphatic carbocycles. The summed E-state index contributed by atoms with van der Waals surface area (Å²) in [5.74, 6) is -0.280. The van der Waals surface area contributed by atoms with Gasteiger partial charge in [-0.25, -0.2) is 9.37 Å². The molecule has 1 aliphatic rings. The minimum Gasteiger partial charge on any atom is -0.378 e. The summed E-state index contributed by atoms with van der Waals surface area (Å²) in [7, 11) is 1.61. The summed E-state index contributed by atoms with van der Waals surface area (Å²) in [6, 6.07) is 6.26. The van der Waals surface area contributed by atoms with E-state index in [-0.39, 0.29) is 17.8 Å². The molecule has 0 bridgehead atoms. The molecular formula is C17H20FN3O2S. The molecule has 5 nitrogen and oxygen atoms in total. The Bertz CT molecular complexity index is 689. The van der Waals surface area contributed by atoms with Gasteiger partial charge in [-0.15, -0.1) is 11.3 Å². The number of thiazole rings is 1. The molecule has 2 heterocycles. The molecule has 24 heavy (non-hydrogen) atoms. The molecule has 0 saturated carbocycles. The number of methoxy groups -OCH3 is 1. The normalized spacial score (nSPS) is 18.0. The van der Waals surface area contributed by atoms with E-state index >= 15 is 0 Å². The van der Waals surface area contributed by atoms with Crippen LogP contribution in [0.2, 0.25) is 0 Å². The quantitative estimate of drug-likeness (QED) is 0.871. The van der Waals surface area contributed by atoms with Gasteiger partial charge < -0.3 is 10.1 Å². The first kappa shape index (κ1) is 17.0. The fraction of sp³-hybridized carbons (Fsp3) is 0.412. The van der Waals surface area contributed by atoms with E-state index in [2.05, 4.69) is 15.2 Å². The summed E-state index contributed by atoms with van der Waals surface area (Å²) >= 11 is 1.40. The lowest BCUT2D eigenvalue weighted by molar-refractivity contribution is -0.120. The maximum Gasteiger partial charge on any atom is 0.243 e.